The lowest BCUT2D eigenvalue weighted by Crippen LogP contribution is -2.32. The Kier molecular flexibility index (Phi) is 6.98. The average molecular weight is 430 g/mol. The summed E-state index contributed by atoms with van der Waals surface area (Å²) in [4.78, 5) is 12.6. The van der Waals surface area contributed by atoms with E-state index in [0.29, 0.717) is 16.1 Å². The number of carbonyl (C=O) groups excluding carboxylic acids is 1. The first kappa shape index (κ1) is 21.4. The zero-order valence-corrected chi connectivity index (χ0v) is 18.3. The van der Waals surface area contributed by atoms with Crippen molar-refractivity contribution >= 4 is 29.3 Å². The van der Waals surface area contributed by atoms with Crippen LogP contribution in [0.4, 0.5) is 0 Å². The maximum atomic E-state index is 12.6. The monoisotopic (exact) mass is 429 g/mol. The molecular formula is C22H24ClN3O2S. The highest BCUT2D eigenvalue weighted by Crippen LogP contribution is 2.30. The van der Waals surface area contributed by atoms with Crippen LogP contribution >= 0.6 is 23.4 Å². The van der Waals surface area contributed by atoms with Gasteiger partial charge in [0.1, 0.15) is 0 Å². The van der Waals surface area contributed by atoms with Crippen molar-refractivity contribution in [1.82, 2.24) is 15.5 Å². The van der Waals surface area contributed by atoms with Gasteiger partial charge in [0.15, 0.2) is 0 Å². The molecule has 5 nitrogen and oxygen atoms in total. The topological polar surface area (TPSA) is 68.0 Å². The number of carbonyl (C=O) groups is 1. The van der Waals surface area contributed by atoms with Gasteiger partial charge in [0.25, 0.3) is 5.22 Å². The van der Waals surface area contributed by atoms with Gasteiger partial charge in [-0.3, -0.25) is 4.79 Å². The predicted octanol–water partition coefficient (Wildman–Crippen LogP) is 5.78. The van der Waals surface area contributed by atoms with Crippen LogP contribution in [0.1, 0.15) is 38.8 Å². The third-order valence-electron chi connectivity index (χ3n) is 4.18. The first-order valence-corrected chi connectivity index (χ1v) is 10.7. The van der Waals surface area contributed by atoms with Crippen molar-refractivity contribution in [1.29, 1.82) is 0 Å². The smallest absolute Gasteiger partial charge is 0.277 e. The normalized spacial score (nSPS) is 12.6. The van der Waals surface area contributed by atoms with E-state index in [1.807, 2.05) is 42.5 Å². The molecule has 0 bridgehead atoms. The minimum atomic E-state index is -0.0701. The van der Waals surface area contributed by atoms with Crippen LogP contribution < -0.4 is 5.32 Å². The standard InChI is InChI=1S/C22H24ClN3O2S/c1-22(2,3)13-18(15-7-5-4-6-8-15)24-19(27)14-29-21-26-25-20(28-21)16-9-11-17(23)12-10-16/h4-12,18H,13-14H2,1-3H3,(H,24,27). The Bertz CT molecular complexity index is 937. The summed E-state index contributed by atoms with van der Waals surface area (Å²) in [5, 5.41) is 12.2. The van der Waals surface area contributed by atoms with Crippen LogP contribution in [-0.2, 0) is 4.79 Å². The van der Waals surface area contributed by atoms with Gasteiger partial charge in [-0.2, -0.15) is 0 Å². The Hall–Kier alpha value is -2.31. The maximum absolute atomic E-state index is 12.6. The van der Waals surface area contributed by atoms with Crippen molar-refractivity contribution in [2.75, 3.05) is 5.75 Å². The van der Waals surface area contributed by atoms with Crippen molar-refractivity contribution in [3.63, 3.8) is 0 Å². The van der Waals surface area contributed by atoms with E-state index in [1.54, 1.807) is 12.1 Å². The molecular weight excluding hydrogens is 406 g/mol. The van der Waals surface area contributed by atoms with Gasteiger partial charge < -0.3 is 9.73 Å². The van der Waals surface area contributed by atoms with Gasteiger partial charge >= 0.3 is 0 Å². The van der Waals surface area contributed by atoms with E-state index in [0.717, 1.165) is 17.5 Å². The minimum absolute atomic E-state index is 0.0448. The molecule has 29 heavy (non-hydrogen) atoms. The van der Waals surface area contributed by atoms with Crippen molar-refractivity contribution in [3.8, 4) is 11.5 Å². The predicted molar refractivity (Wildman–Crippen MR) is 117 cm³/mol. The number of nitrogens with zero attached hydrogens (tertiary/aromatic N) is 2. The number of benzene rings is 2. The van der Waals surface area contributed by atoms with E-state index < -0.39 is 0 Å². The summed E-state index contributed by atoms with van der Waals surface area (Å²) in [5.41, 5.74) is 1.97. The molecule has 1 aromatic heterocycles. The van der Waals surface area contributed by atoms with Crippen LogP contribution in [0.2, 0.25) is 5.02 Å². The molecule has 152 valence electrons. The fraction of sp³-hybridized carbons (Fsp3) is 0.318. The number of amides is 1. The molecule has 1 heterocycles. The molecule has 1 unspecified atom stereocenters. The fourth-order valence-corrected chi connectivity index (χ4v) is 3.59. The average Bonchev–Trinajstić information content (AvgIpc) is 3.15. The summed E-state index contributed by atoms with van der Waals surface area (Å²) in [7, 11) is 0. The quantitative estimate of drug-likeness (QED) is 0.482. The van der Waals surface area contributed by atoms with Gasteiger partial charge in [-0.1, -0.05) is 74.5 Å². The molecule has 0 aliphatic rings. The molecule has 0 aliphatic carbocycles. The molecule has 1 N–H and O–H groups in total. The number of hydrogen-bond acceptors (Lipinski definition) is 5. The number of thioether (sulfide) groups is 1. The lowest BCUT2D eigenvalue weighted by molar-refractivity contribution is -0.119. The van der Waals surface area contributed by atoms with Crippen molar-refractivity contribution in [2.24, 2.45) is 5.41 Å². The first-order valence-electron chi connectivity index (χ1n) is 9.37. The fourth-order valence-electron chi connectivity index (χ4n) is 2.89. The second-order valence-electron chi connectivity index (χ2n) is 7.96. The van der Waals surface area contributed by atoms with Crippen molar-refractivity contribution < 1.29 is 9.21 Å². The summed E-state index contributed by atoms with van der Waals surface area (Å²) in [6, 6.07) is 17.1. The van der Waals surface area contributed by atoms with Crippen LogP contribution in [0.15, 0.2) is 64.2 Å². The summed E-state index contributed by atoms with van der Waals surface area (Å²) in [5.74, 6) is 0.536. The largest absolute Gasteiger partial charge is 0.411 e. The van der Waals surface area contributed by atoms with Gasteiger partial charge in [0, 0.05) is 10.6 Å². The van der Waals surface area contributed by atoms with Crippen LogP contribution in [-0.4, -0.2) is 21.9 Å². The van der Waals surface area contributed by atoms with Gasteiger partial charge in [0.2, 0.25) is 11.8 Å². The maximum Gasteiger partial charge on any atom is 0.277 e. The molecule has 3 rings (SSSR count). The Labute approximate surface area is 180 Å². The zero-order valence-electron chi connectivity index (χ0n) is 16.7. The SMILES string of the molecule is CC(C)(C)CC(NC(=O)CSc1nnc(-c2ccc(Cl)cc2)o1)c1ccccc1. The van der Waals surface area contributed by atoms with Crippen molar-refractivity contribution in [3.05, 3.63) is 65.2 Å². The van der Waals surface area contributed by atoms with Crippen LogP contribution in [0.3, 0.4) is 0 Å². The highest BCUT2D eigenvalue weighted by Gasteiger charge is 2.22. The van der Waals surface area contributed by atoms with Gasteiger partial charge in [-0.15, -0.1) is 10.2 Å². The van der Waals surface area contributed by atoms with E-state index in [2.05, 4.69) is 36.3 Å². The van der Waals surface area contributed by atoms with E-state index in [-0.39, 0.29) is 23.1 Å². The Morgan fingerprint density at radius 2 is 1.79 bits per heavy atom. The second kappa shape index (κ2) is 9.46. The number of rotatable bonds is 7. The molecule has 0 spiro atoms. The molecule has 2 aromatic carbocycles. The summed E-state index contributed by atoms with van der Waals surface area (Å²) in [6.07, 6.45) is 0.842. The summed E-state index contributed by atoms with van der Waals surface area (Å²) < 4.78 is 5.65. The summed E-state index contributed by atoms with van der Waals surface area (Å²) in [6.45, 7) is 6.50. The van der Waals surface area contributed by atoms with Gasteiger partial charge in [-0.25, -0.2) is 0 Å². The molecule has 0 saturated carbocycles. The molecule has 3 aromatic rings. The number of aromatic nitrogens is 2. The Balaban J connectivity index is 1.60. The number of nitrogens with one attached hydrogen (secondary N) is 1. The Morgan fingerprint density at radius 1 is 1.10 bits per heavy atom. The third kappa shape index (κ3) is 6.61. The molecule has 7 heteroatoms. The molecule has 1 amide bonds. The molecule has 0 fully saturated rings. The highest BCUT2D eigenvalue weighted by molar-refractivity contribution is 7.99. The van der Waals surface area contributed by atoms with Crippen LogP contribution in [0.5, 0.6) is 0 Å². The van der Waals surface area contributed by atoms with Crippen molar-refractivity contribution in [2.45, 2.75) is 38.5 Å². The minimum Gasteiger partial charge on any atom is -0.411 e. The molecule has 1 atom stereocenters. The highest BCUT2D eigenvalue weighted by atomic mass is 35.5. The van der Waals surface area contributed by atoms with E-state index >= 15 is 0 Å². The van der Waals surface area contributed by atoms with Gasteiger partial charge in [0.05, 0.1) is 11.8 Å². The number of hydrogen-bond donors (Lipinski definition) is 1. The third-order valence-corrected chi connectivity index (χ3v) is 5.25. The first-order chi connectivity index (χ1) is 13.8. The lowest BCUT2D eigenvalue weighted by atomic mass is 9.85. The van der Waals surface area contributed by atoms with Crippen LogP contribution in [0.25, 0.3) is 11.5 Å². The molecule has 0 radical (unpaired) electrons. The van der Waals surface area contributed by atoms with E-state index in [4.69, 9.17) is 16.0 Å². The molecule has 0 saturated heterocycles. The zero-order chi connectivity index (χ0) is 20.9. The van der Waals surface area contributed by atoms with Crippen LogP contribution in [0, 0.1) is 5.41 Å². The lowest BCUT2D eigenvalue weighted by Gasteiger charge is -2.27. The van der Waals surface area contributed by atoms with E-state index in [1.165, 1.54) is 11.8 Å². The molecule has 0 aliphatic heterocycles. The summed E-state index contributed by atoms with van der Waals surface area (Å²) >= 11 is 7.12. The second-order valence-corrected chi connectivity index (χ2v) is 9.33. The Morgan fingerprint density at radius 3 is 2.45 bits per heavy atom. The number of halogens is 1. The van der Waals surface area contributed by atoms with E-state index in [9.17, 15) is 4.79 Å². The van der Waals surface area contributed by atoms with Gasteiger partial charge in [-0.05, 0) is 41.7 Å².